The smallest absolute Gasteiger partial charge is 0.230 e. The van der Waals surface area contributed by atoms with Crippen molar-refractivity contribution in [3.63, 3.8) is 0 Å². The van der Waals surface area contributed by atoms with Gasteiger partial charge in [-0.1, -0.05) is 12.1 Å². The highest BCUT2D eigenvalue weighted by Gasteiger charge is 2.28. The lowest BCUT2D eigenvalue weighted by Crippen LogP contribution is -2.38. The number of nitrogens with one attached hydrogen (secondary N) is 2. The topological polar surface area (TPSA) is 112 Å². The molecule has 2 N–H and O–H groups in total. The number of hydrogen-bond acceptors (Lipinski definition) is 8. The van der Waals surface area contributed by atoms with E-state index in [0.29, 0.717) is 30.9 Å². The van der Waals surface area contributed by atoms with Gasteiger partial charge in [0.15, 0.2) is 5.82 Å². The van der Waals surface area contributed by atoms with E-state index in [1.165, 1.54) is 0 Å². The van der Waals surface area contributed by atoms with Crippen LogP contribution >= 0.6 is 0 Å². The van der Waals surface area contributed by atoms with Gasteiger partial charge in [0.05, 0.1) is 24.9 Å². The van der Waals surface area contributed by atoms with Crippen LogP contribution in [0.1, 0.15) is 25.7 Å². The highest BCUT2D eigenvalue weighted by atomic mass is 16.5. The lowest BCUT2D eigenvalue weighted by molar-refractivity contribution is -0.133. The number of ether oxygens (including phenoxy) is 1. The van der Waals surface area contributed by atoms with Crippen molar-refractivity contribution in [2.45, 2.75) is 31.7 Å². The largest absolute Gasteiger partial charge is 0.378 e. The number of anilines is 2. The molecule has 2 aliphatic rings. The standard InChI is InChI=1S/C23H30N8O2/c1-30(2)21(32)15-6-8-16(9-7-15)25-22-26-20(17-4-3-5-19-18(17)14-24-29-19)27-23(28-22)31-10-12-33-13-11-31/h3-5,14-16H,6-13H2,1-2H3,(H,24,29)(H,25,26,27,28)/t15-,16+. The van der Waals surface area contributed by atoms with Gasteiger partial charge >= 0.3 is 0 Å². The van der Waals surface area contributed by atoms with Gasteiger partial charge in [0, 0.05) is 50.1 Å². The highest BCUT2D eigenvalue weighted by Crippen LogP contribution is 2.30. The predicted molar refractivity (Wildman–Crippen MR) is 126 cm³/mol. The van der Waals surface area contributed by atoms with E-state index in [-0.39, 0.29) is 17.9 Å². The molecular weight excluding hydrogens is 420 g/mol. The summed E-state index contributed by atoms with van der Waals surface area (Å²) < 4.78 is 5.51. The number of aromatic nitrogens is 5. The molecule has 2 fully saturated rings. The minimum absolute atomic E-state index is 0.106. The number of hydrogen-bond donors (Lipinski definition) is 2. The zero-order valence-electron chi connectivity index (χ0n) is 19.1. The molecule has 10 heteroatoms. The Balaban J connectivity index is 1.42. The van der Waals surface area contributed by atoms with Crippen molar-refractivity contribution < 1.29 is 9.53 Å². The molecule has 0 spiro atoms. The molecule has 1 aromatic carbocycles. The van der Waals surface area contributed by atoms with Crippen molar-refractivity contribution in [1.29, 1.82) is 0 Å². The van der Waals surface area contributed by atoms with Crippen LogP contribution in [-0.4, -0.2) is 82.4 Å². The fraction of sp³-hybridized carbons (Fsp3) is 0.522. The molecule has 3 heterocycles. The van der Waals surface area contributed by atoms with Crippen molar-refractivity contribution in [3.05, 3.63) is 24.4 Å². The summed E-state index contributed by atoms with van der Waals surface area (Å²) in [6.07, 6.45) is 5.37. The molecule has 174 valence electrons. The second-order valence-corrected chi connectivity index (χ2v) is 8.94. The van der Waals surface area contributed by atoms with Gasteiger partial charge in [-0.15, -0.1) is 0 Å². The second-order valence-electron chi connectivity index (χ2n) is 8.94. The second kappa shape index (κ2) is 9.30. The molecule has 2 aromatic heterocycles. The fourth-order valence-corrected chi connectivity index (χ4v) is 4.65. The van der Waals surface area contributed by atoms with Gasteiger partial charge in [0.25, 0.3) is 0 Å². The van der Waals surface area contributed by atoms with E-state index in [1.54, 1.807) is 11.1 Å². The molecule has 1 saturated heterocycles. The van der Waals surface area contributed by atoms with Gasteiger partial charge in [-0.3, -0.25) is 9.89 Å². The Morgan fingerprint density at radius 1 is 1.12 bits per heavy atom. The number of aromatic amines is 1. The predicted octanol–water partition coefficient (Wildman–Crippen LogP) is 2.31. The average molecular weight is 451 g/mol. The molecule has 0 atom stereocenters. The number of fused-ring (bicyclic) bond motifs is 1. The molecular formula is C23H30N8O2. The van der Waals surface area contributed by atoms with Gasteiger partial charge in [-0.05, 0) is 31.7 Å². The van der Waals surface area contributed by atoms with Gasteiger partial charge in [0.1, 0.15) is 0 Å². The summed E-state index contributed by atoms with van der Waals surface area (Å²) in [6, 6.07) is 6.21. The molecule has 0 unspecified atom stereocenters. The van der Waals surface area contributed by atoms with E-state index in [9.17, 15) is 4.79 Å². The van der Waals surface area contributed by atoms with E-state index in [1.807, 2.05) is 32.3 Å². The summed E-state index contributed by atoms with van der Waals surface area (Å²) in [5, 5.41) is 11.7. The molecule has 3 aromatic rings. The van der Waals surface area contributed by atoms with Gasteiger partial charge in [-0.25, -0.2) is 0 Å². The Labute approximate surface area is 192 Å². The highest BCUT2D eigenvalue weighted by molar-refractivity contribution is 5.92. The molecule has 1 aliphatic heterocycles. The van der Waals surface area contributed by atoms with E-state index in [4.69, 9.17) is 19.7 Å². The van der Waals surface area contributed by atoms with Crippen LogP contribution < -0.4 is 10.2 Å². The summed E-state index contributed by atoms with van der Waals surface area (Å²) in [6.45, 7) is 2.81. The zero-order valence-corrected chi connectivity index (χ0v) is 19.1. The number of H-pyrrole nitrogens is 1. The molecule has 1 aliphatic carbocycles. The summed E-state index contributed by atoms with van der Waals surface area (Å²) >= 11 is 0. The Morgan fingerprint density at radius 2 is 1.91 bits per heavy atom. The number of rotatable bonds is 5. The zero-order chi connectivity index (χ0) is 22.8. The van der Waals surface area contributed by atoms with Gasteiger partial charge in [-0.2, -0.15) is 20.1 Å². The van der Waals surface area contributed by atoms with Gasteiger partial charge < -0.3 is 19.9 Å². The van der Waals surface area contributed by atoms with Crippen LogP contribution in [0.3, 0.4) is 0 Å². The quantitative estimate of drug-likeness (QED) is 0.609. The summed E-state index contributed by atoms with van der Waals surface area (Å²) in [5.74, 6) is 2.18. The first-order valence-electron chi connectivity index (χ1n) is 11.6. The molecule has 33 heavy (non-hydrogen) atoms. The van der Waals surface area contributed by atoms with Crippen LogP contribution in [-0.2, 0) is 9.53 Å². The van der Waals surface area contributed by atoms with Crippen molar-refractivity contribution >= 4 is 28.7 Å². The number of carbonyl (C=O) groups is 1. The lowest BCUT2D eigenvalue weighted by atomic mass is 9.85. The first-order valence-corrected chi connectivity index (χ1v) is 11.6. The van der Waals surface area contributed by atoms with Crippen LogP contribution in [0.5, 0.6) is 0 Å². The SMILES string of the molecule is CN(C)C(=O)[C@H]1CC[C@@H](Nc2nc(-c3cccc4[nH]ncc34)nc(N3CCOCC3)n2)CC1. The number of nitrogens with zero attached hydrogens (tertiary/aromatic N) is 6. The average Bonchev–Trinajstić information content (AvgIpc) is 3.33. The van der Waals surface area contributed by atoms with Crippen molar-refractivity contribution in [3.8, 4) is 11.4 Å². The minimum atomic E-state index is 0.106. The monoisotopic (exact) mass is 450 g/mol. The van der Waals surface area contributed by atoms with E-state index in [2.05, 4.69) is 20.4 Å². The molecule has 0 bridgehead atoms. The lowest BCUT2D eigenvalue weighted by Gasteiger charge is -2.30. The maximum atomic E-state index is 12.3. The Kier molecular flexibility index (Phi) is 6.08. The van der Waals surface area contributed by atoms with Crippen LogP contribution in [0.4, 0.5) is 11.9 Å². The number of amides is 1. The number of carbonyl (C=O) groups excluding carboxylic acids is 1. The number of benzene rings is 1. The van der Waals surface area contributed by atoms with Crippen molar-refractivity contribution in [2.24, 2.45) is 5.92 Å². The van der Waals surface area contributed by atoms with Gasteiger partial charge in [0.2, 0.25) is 17.8 Å². The van der Waals surface area contributed by atoms with Crippen LogP contribution in [0.2, 0.25) is 0 Å². The van der Waals surface area contributed by atoms with E-state index >= 15 is 0 Å². The van der Waals surface area contributed by atoms with Crippen molar-refractivity contribution in [1.82, 2.24) is 30.0 Å². The van der Waals surface area contributed by atoms with Crippen LogP contribution in [0, 0.1) is 5.92 Å². The van der Waals surface area contributed by atoms with E-state index < -0.39 is 0 Å². The maximum Gasteiger partial charge on any atom is 0.230 e. The third-order valence-electron chi connectivity index (χ3n) is 6.49. The minimum Gasteiger partial charge on any atom is -0.378 e. The molecule has 5 rings (SSSR count). The normalized spacial score (nSPS) is 21.2. The first kappa shape index (κ1) is 21.6. The van der Waals surface area contributed by atoms with Crippen molar-refractivity contribution in [2.75, 3.05) is 50.6 Å². The third kappa shape index (κ3) is 4.61. The Bertz CT molecular complexity index is 1120. The maximum absolute atomic E-state index is 12.3. The first-order chi connectivity index (χ1) is 16.1. The molecule has 1 saturated carbocycles. The van der Waals surface area contributed by atoms with Crippen LogP contribution in [0.25, 0.3) is 22.3 Å². The van der Waals surface area contributed by atoms with Crippen LogP contribution in [0.15, 0.2) is 24.4 Å². The summed E-state index contributed by atoms with van der Waals surface area (Å²) in [4.78, 5) is 30.5. The molecule has 10 nitrogen and oxygen atoms in total. The Morgan fingerprint density at radius 3 is 2.67 bits per heavy atom. The third-order valence-corrected chi connectivity index (χ3v) is 6.49. The Hall–Kier alpha value is -3.27. The summed E-state index contributed by atoms with van der Waals surface area (Å²) in [5.41, 5.74) is 1.86. The van der Waals surface area contributed by atoms with E-state index in [0.717, 1.165) is 55.2 Å². The molecule has 1 amide bonds. The summed E-state index contributed by atoms with van der Waals surface area (Å²) in [7, 11) is 3.65. The fourth-order valence-electron chi connectivity index (χ4n) is 4.65. The number of morpholine rings is 1. The molecule has 0 radical (unpaired) electrons.